The second-order valence-electron chi connectivity index (χ2n) is 3.75. The summed E-state index contributed by atoms with van der Waals surface area (Å²) >= 11 is 0. The van der Waals surface area contributed by atoms with Crippen molar-refractivity contribution in [2.75, 3.05) is 0 Å². The van der Waals surface area contributed by atoms with Crippen molar-refractivity contribution in [3.63, 3.8) is 0 Å². The van der Waals surface area contributed by atoms with Crippen LogP contribution in [-0.4, -0.2) is 4.92 Å². The highest BCUT2D eigenvalue weighted by Gasteiger charge is 2.11. The number of hydrogen-bond donors (Lipinski definition) is 0. The van der Waals surface area contributed by atoms with E-state index in [0.29, 0.717) is 0 Å². The summed E-state index contributed by atoms with van der Waals surface area (Å²) in [5, 5.41) is 19.6. The topological polar surface area (TPSA) is 66.9 Å². The number of nitro benzene ring substituents is 1. The first-order chi connectivity index (χ1) is 8.22. The van der Waals surface area contributed by atoms with Gasteiger partial charge in [-0.1, -0.05) is 12.2 Å². The molecular weight excluding hydrogens is 216 g/mol. The maximum absolute atomic E-state index is 10.5. The van der Waals surface area contributed by atoms with Crippen LogP contribution in [0.2, 0.25) is 0 Å². The molecular formula is C13H10N2O2. The molecule has 0 fully saturated rings. The van der Waals surface area contributed by atoms with E-state index in [1.807, 2.05) is 12.2 Å². The zero-order valence-electron chi connectivity index (χ0n) is 9.09. The maximum atomic E-state index is 10.5. The number of allylic oxidation sites excluding steroid dienone is 4. The van der Waals surface area contributed by atoms with E-state index < -0.39 is 4.92 Å². The van der Waals surface area contributed by atoms with E-state index in [2.05, 4.69) is 6.07 Å². The molecule has 0 spiro atoms. The van der Waals surface area contributed by atoms with Gasteiger partial charge < -0.3 is 0 Å². The summed E-state index contributed by atoms with van der Waals surface area (Å²) in [6, 6.07) is 8.46. The summed E-state index contributed by atoms with van der Waals surface area (Å²) in [4.78, 5) is 10.1. The van der Waals surface area contributed by atoms with Crippen molar-refractivity contribution in [3.05, 3.63) is 57.7 Å². The van der Waals surface area contributed by atoms with Crippen LogP contribution in [0.3, 0.4) is 0 Å². The molecule has 0 aromatic heterocycles. The van der Waals surface area contributed by atoms with Crippen molar-refractivity contribution >= 4 is 11.3 Å². The quantitative estimate of drug-likeness (QED) is 0.574. The number of rotatable bonds is 2. The summed E-state index contributed by atoms with van der Waals surface area (Å²) < 4.78 is 0. The molecule has 1 aliphatic carbocycles. The van der Waals surface area contributed by atoms with Gasteiger partial charge in [0.15, 0.2) is 0 Å². The number of nitriles is 1. The highest BCUT2D eigenvalue weighted by atomic mass is 16.6. The highest BCUT2D eigenvalue weighted by molar-refractivity contribution is 5.80. The Morgan fingerprint density at radius 1 is 1.29 bits per heavy atom. The van der Waals surface area contributed by atoms with Crippen LogP contribution in [0.25, 0.3) is 5.57 Å². The second-order valence-corrected chi connectivity index (χ2v) is 3.75. The van der Waals surface area contributed by atoms with E-state index in [4.69, 9.17) is 5.26 Å². The van der Waals surface area contributed by atoms with Crippen LogP contribution in [-0.2, 0) is 0 Å². The van der Waals surface area contributed by atoms with E-state index >= 15 is 0 Å². The maximum Gasteiger partial charge on any atom is 0.269 e. The average molecular weight is 226 g/mol. The summed E-state index contributed by atoms with van der Waals surface area (Å²) in [7, 11) is 0. The van der Waals surface area contributed by atoms with Gasteiger partial charge in [-0.15, -0.1) is 0 Å². The number of nitro groups is 1. The van der Waals surface area contributed by atoms with E-state index in [0.717, 1.165) is 29.6 Å². The molecule has 0 heterocycles. The normalized spacial score (nSPS) is 14.5. The van der Waals surface area contributed by atoms with Gasteiger partial charge in [0.25, 0.3) is 5.69 Å². The van der Waals surface area contributed by atoms with Gasteiger partial charge in [-0.25, -0.2) is 0 Å². The van der Waals surface area contributed by atoms with Gasteiger partial charge in [0.2, 0.25) is 0 Å². The van der Waals surface area contributed by atoms with Crippen LogP contribution in [0.1, 0.15) is 18.4 Å². The van der Waals surface area contributed by atoms with Gasteiger partial charge >= 0.3 is 0 Å². The van der Waals surface area contributed by atoms with Crippen LogP contribution < -0.4 is 0 Å². The SMILES string of the molecule is N#CC1=C(c2ccc([N+](=O)[O-])cc2)C=CCC1. The standard InChI is InChI=1S/C13H10N2O2/c14-9-11-3-1-2-4-13(11)10-5-7-12(8-6-10)15(16)17/h2,4-8H,1,3H2. The Labute approximate surface area is 98.6 Å². The first-order valence-electron chi connectivity index (χ1n) is 5.27. The Hall–Kier alpha value is -2.41. The van der Waals surface area contributed by atoms with Gasteiger partial charge in [0, 0.05) is 17.7 Å². The summed E-state index contributed by atoms with van der Waals surface area (Å²) in [5.41, 5.74) is 2.52. The van der Waals surface area contributed by atoms with Crippen LogP contribution in [0, 0.1) is 21.4 Å². The van der Waals surface area contributed by atoms with E-state index in [1.165, 1.54) is 12.1 Å². The minimum atomic E-state index is -0.430. The Bertz CT molecular complexity index is 548. The third-order valence-electron chi connectivity index (χ3n) is 2.69. The lowest BCUT2D eigenvalue weighted by atomic mass is 9.93. The molecule has 0 amide bonds. The smallest absolute Gasteiger partial charge is 0.258 e. The fourth-order valence-corrected chi connectivity index (χ4v) is 1.81. The van der Waals surface area contributed by atoms with Crippen LogP contribution in [0.4, 0.5) is 5.69 Å². The first kappa shape index (κ1) is 11.1. The molecule has 0 atom stereocenters. The minimum Gasteiger partial charge on any atom is -0.258 e. The molecule has 84 valence electrons. The van der Waals surface area contributed by atoms with E-state index in [1.54, 1.807) is 12.1 Å². The van der Waals surface area contributed by atoms with Gasteiger partial charge in [0.05, 0.1) is 11.0 Å². The van der Waals surface area contributed by atoms with Gasteiger partial charge in [-0.2, -0.15) is 5.26 Å². The first-order valence-corrected chi connectivity index (χ1v) is 5.27. The molecule has 1 aliphatic rings. The molecule has 0 unspecified atom stereocenters. The average Bonchev–Trinajstić information content (AvgIpc) is 2.39. The molecule has 1 aromatic carbocycles. The van der Waals surface area contributed by atoms with Crippen molar-refractivity contribution in [2.24, 2.45) is 0 Å². The Morgan fingerprint density at radius 2 is 2.00 bits per heavy atom. The lowest BCUT2D eigenvalue weighted by Gasteiger charge is -2.10. The fourth-order valence-electron chi connectivity index (χ4n) is 1.81. The molecule has 4 nitrogen and oxygen atoms in total. The molecule has 4 heteroatoms. The van der Waals surface area contributed by atoms with Crippen molar-refractivity contribution in [1.82, 2.24) is 0 Å². The lowest BCUT2D eigenvalue weighted by molar-refractivity contribution is -0.384. The van der Waals surface area contributed by atoms with E-state index in [-0.39, 0.29) is 5.69 Å². The minimum absolute atomic E-state index is 0.0626. The number of benzene rings is 1. The summed E-state index contributed by atoms with van der Waals surface area (Å²) in [6.45, 7) is 0. The fraction of sp³-hybridized carbons (Fsp3) is 0.154. The van der Waals surface area contributed by atoms with Crippen LogP contribution in [0.15, 0.2) is 42.0 Å². The lowest BCUT2D eigenvalue weighted by Crippen LogP contribution is -1.94. The van der Waals surface area contributed by atoms with Crippen LogP contribution >= 0.6 is 0 Å². The zero-order chi connectivity index (χ0) is 12.3. The highest BCUT2D eigenvalue weighted by Crippen LogP contribution is 2.28. The third-order valence-corrected chi connectivity index (χ3v) is 2.69. The third kappa shape index (κ3) is 2.23. The van der Waals surface area contributed by atoms with Gasteiger partial charge in [-0.05, 0) is 36.1 Å². The van der Waals surface area contributed by atoms with Gasteiger partial charge in [0.1, 0.15) is 0 Å². The molecule has 0 aliphatic heterocycles. The van der Waals surface area contributed by atoms with Crippen molar-refractivity contribution in [1.29, 1.82) is 5.26 Å². The summed E-state index contributed by atoms with van der Waals surface area (Å²) in [6.07, 6.45) is 5.53. The number of non-ortho nitro benzene ring substituents is 1. The number of hydrogen-bond acceptors (Lipinski definition) is 3. The monoisotopic (exact) mass is 226 g/mol. The van der Waals surface area contributed by atoms with Crippen molar-refractivity contribution < 1.29 is 4.92 Å². The van der Waals surface area contributed by atoms with Gasteiger partial charge in [-0.3, -0.25) is 10.1 Å². The Kier molecular flexibility index (Phi) is 3.01. The molecule has 0 saturated heterocycles. The largest absolute Gasteiger partial charge is 0.269 e. The van der Waals surface area contributed by atoms with Crippen molar-refractivity contribution in [3.8, 4) is 6.07 Å². The second kappa shape index (κ2) is 4.62. The molecule has 0 N–H and O–H groups in total. The predicted octanol–water partition coefficient (Wildman–Crippen LogP) is 3.22. The Balaban J connectivity index is 2.41. The van der Waals surface area contributed by atoms with Crippen LogP contribution in [0.5, 0.6) is 0 Å². The Morgan fingerprint density at radius 3 is 2.59 bits per heavy atom. The zero-order valence-corrected chi connectivity index (χ0v) is 9.09. The molecule has 2 rings (SSSR count). The molecule has 0 saturated carbocycles. The number of nitrogens with zero attached hydrogens (tertiary/aromatic N) is 2. The summed E-state index contributed by atoms with van der Waals surface area (Å²) in [5.74, 6) is 0. The molecule has 0 radical (unpaired) electrons. The molecule has 1 aromatic rings. The molecule has 17 heavy (non-hydrogen) atoms. The van der Waals surface area contributed by atoms with E-state index in [9.17, 15) is 10.1 Å². The predicted molar refractivity (Wildman–Crippen MR) is 64.0 cm³/mol. The van der Waals surface area contributed by atoms with Crippen molar-refractivity contribution in [2.45, 2.75) is 12.8 Å². The molecule has 0 bridgehead atoms.